The molecule has 1 aromatic heterocycles. The van der Waals surface area contributed by atoms with Crippen LogP contribution in [0, 0.1) is 12.8 Å². The highest BCUT2D eigenvalue weighted by molar-refractivity contribution is 9.10. The van der Waals surface area contributed by atoms with E-state index >= 15 is 0 Å². The molecule has 1 aliphatic heterocycles. The molecular weight excluding hydrogens is 322 g/mol. The van der Waals surface area contributed by atoms with E-state index in [2.05, 4.69) is 37.2 Å². The molecule has 1 saturated heterocycles. The molecule has 0 saturated carbocycles. The molecule has 1 aromatic rings. The minimum atomic E-state index is -0.805. The molecule has 0 radical (unpaired) electrons. The highest BCUT2D eigenvalue weighted by Gasteiger charge is 2.22. The number of carboxylic acid groups (broad SMARTS) is 1. The molecule has 0 aromatic carbocycles. The van der Waals surface area contributed by atoms with Gasteiger partial charge < -0.3 is 15.3 Å². The van der Waals surface area contributed by atoms with Crippen molar-refractivity contribution in [2.24, 2.45) is 5.92 Å². The molecule has 1 unspecified atom stereocenters. The summed E-state index contributed by atoms with van der Waals surface area (Å²) in [6.07, 6.45) is 4.13. The minimum Gasteiger partial charge on any atom is -0.480 e. The van der Waals surface area contributed by atoms with Crippen molar-refractivity contribution >= 4 is 27.7 Å². The summed E-state index contributed by atoms with van der Waals surface area (Å²) >= 11 is 3.58. The number of hydrogen-bond donors (Lipinski definition) is 2. The van der Waals surface area contributed by atoms with Gasteiger partial charge in [-0.1, -0.05) is 0 Å². The number of rotatable bonds is 5. The second-order valence-corrected chi connectivity index (χ2v) is 6.15. The fourth-order valence-corrected chi connectivity index (χ4v) is 3.28. The highest BCUT2D eigenvalue weighted by Crippen LogP contribution is 2.28. The number of aromatic nitrogens is 1. The van der Waals surface area contributed by atoms with E-state index in [1.54, 1.807) is 0 Å². The van der Waals surface area contributed by atoms with Gasteiger partial charge in [0, 0.05) is 25.8 Å². The van der Waals surface area contributed by atoms with Crippen LogP contribution in [-0.2, 0) is 4.79 Å². The van der Waals surface area contributed by atoms with Crippen LogP contribution in [0.1, 0.15) is 18.4 Å². The predicted octanol–water partition coefficient (Wildman–Crippen LogP) is 2.04. The quantitative estimate of drug-likeness (QED) is 0.857. The van der Waals surface area contributed by atoms with Crippen molar-refractivity contribution in [1.29, 1.82) is 0 Å². The van der Waals surface area contributed by atoms with Crippen LogP contribution in [0.3, 0.4) is 0 Å². The SMILES string of the molecule is Cc1cnc(N2CCCC(CNCC(=O)O)C2)c(Br)c1. The van der Waals surface area contributed by atoms with Crippen LogP contribution in [0.25, 0.3) is 0 Å². The Morgan fingerprint density at radius 3 is 3.15 bits per heavy atom. The molecule has 0 spiro atoms. The number of hydrogen-bond acceptors (Lipinski definition) is 4. The van der Waals surface area contributed by atoms with E-state index in [1.807, 2.05) is 13.1 Å². The summed E-state index contributed by atoms with van der Waals surface area (Å²) in [7, 11) is 0. The molecule has 2 rings (SSSR count). The third-order valence-corrected chi connectivity index (χ3v) is 4.07. The Morgan fingerprint density at radius 1 is 1.65 bits per heavy atom. The zero-order valence-corrected chi connectivity index (χ0v) is 13.2. The smallest absolute Gasteiger partial charge is 0.317 e. The Kier molecular flexibility index (Phi) is 5.37. The van der Waals surface area contributed by atoms with Gasteiger partial charge in [0.05, 0.1) is 11.0 Å². The molecule has 2 N–H and O–H groups in total. The molecule has 2 heterocycles. The van der Waals surface area contributed by atoms with Gasteiger partial charge in [0.15, 0.2) is 0 Å². The van der Waals surface area contributed by atoms with Crippen LogP contribution in [0.5, 0.6) is 0 Å². The molecule has 0 aliphatic carbocycles. The van der Waals surface area contributed by atoms with E-state index in [4.69, 9.17) is 5.11 Å². The van der Waals surface area contributed by atoms with Crippen LogP contribution in [0.15, 0.2) is 16.7 Å². The fourth-order valence-electron chi connectivity index (χ4n) is 2.57. The molecule has 20 heavy (non-hydrogen) atoms. The summed E-state index contributed by atoms with van der Waals surface area (Å²) in [6, 6.07) is 2.08. The number of carbonyl (C=O) groups is 1. The Labute approximate surface area is 127 Å². The Hall–Kier alpha value is -1.14. The predicted molar refractivity (Wildman–Crippen MR) is 82.1 cm³/mol. The van der Waals surface area contributed by atoms with E-state index in [9.17, 15) is 4.79 Å². The number of carboxylic acids is 1. The first-order chi connectivity index (χ1) is 9.56. The number of aliphatic carboxylic acids is 1. The summed E-state index contributed by atoms with van der Waals surface area (Å²) < 4.78 is 1.02. The third-order valence-electron chi connectivity index (χ3n) is 3.49. The van der Waals surface area contributed by atoms with Crippen LogP contribution in [-0.4, -0.2) is 42.2 Å². The van der Waals surface area contributed by atoms with E-state index < -0.39 is 5.97 Å². The van der Waals surface area contributed by atoms with Crippen LogP contribution in [0.2, 0.25) is 0 Å². The second-order valence-electron chi connectivity index (χ2n) is 5.30. The zero-order valence-electron chi connectivity index (χ0n) is 11.6. The molecule has 5 nitrogen and oxygen atoms in total. The lowest BCUT2D eigenvalue weighted by atomic mass is 9.98. The van der Waals surface area contributed by atoms with Gasteiger partial charge in [-0.15, -0.1) is 0 Å². The molecular formula is C14H20BrN3O2. The number of anilines is 1. The van der Waals surface area contributed by atoms with Gasteiger partial charge in [0.25, 0.3) is 0 Å². The van der Waals surface area contributed by atoms with Crippen molar-refractivity contribution in [1.82, 2.24) is 10.3 Å². The maximum absolute atomic E-state index is 10.5. The Balaban J connectivity index is 1.94. The standard InChI is InChI=1S/C14H20BrN3O2/c1-10-5-12(15)14(17-6-10)18-4-2-3-11(9-18)7-16-8-13(19)20/h5-6,11,16H,2-4,7-9H2,1H3,(H,19,20). The topological polar surface area (TPSA) is 65.5 Å². The highest BCUT2D eigenvalue weighted by atomic mass is 79.9. The molecule has 1 atom stereocenters. The van der Waals surface area contributed by atoms with Gasteiger partial charge in [0.1, 0.15) is 5.82 Å². The normalized spacial score (nSPS) is 19.1. The summed E-state index contributed by atoms with van der Waals surface area (Å²) in [5, 5.41) is 11.6. The molecule has 1 fully saturated rings. The number of nitrogens with zero attached hydrogens (tertiary/aromatic N) is 2. The van der Waals surface area contributed by atoms with Crippen molar-refractivity contribution < 1.29 is 9.90 Å². The number of halogens is 1. The summed E-state index contributed by atoms with van der Waals surface area (Å²) in [4.78, 5) is 17.3. The van der Waals surface area contributed by atoms with Crippen molar-refractivity contribution in [3.05, 3.63) is 22.3 Å². The molecule has 1 aliphatic rings. The van der Waals surface area contributed by atoms with Crippen molar-refractivity contribution in [2.75, 3.05) is 31.1 Å². The lowest BCUT2D eigenvalue weighted by molar-refractivity contribution is -0.136. The monoisotopic (exact) mass is 341 g/mol. The van der Waals surface area contributed by atoms with Crippen LogP contribution < -0.4 is 10.2 Å². The van der Waals surface area contributed by atoms with E-state index in [0.29, 0.717) is 5.92 Å². The van der Waals surface area contributed by atoms with Gasteiger partial charge in [0.2, 0.25) is 0 Å². The maximum atomic E-state index is 10.5. The lowest BCUT2D eigenvalue weighted by Crippen LogP contribution is -2.41. The van der Waals surface area contributed by atoms with Crippen LogP contribution >= 0.6 is 15.9 Å². The maximum Gasteiger partial charge on any atom is 0.317 e. The minimum absolute atomic E-state index is 0.0307. The Morgan fingerprint density at radius 2 is 2.45 bits per heavy atom. The molecule has 0 amide bonds. The largest absolute Gasteiger partial charge is 0.480 e. The van der Waals surface area contributed by atoms with Gasteiger partial charge in [-0.25, -0.2) is 4.98 Å². The van der Waals surface area contributed by atoms with Crippen LogP contribution in [0.4, 0.5) is 5.82 Å². The van der Waals surface area contributed by atoms with E-state index in [-0.39, 0.29) is 6.54 Å². The van der Waals surface area contributed by atoms with Crippen molar-refractivity contribution in [3.63, 3.8) is 0 Å². The summed E-state index contributed by atoms with van der Waals surface area (Å²) in [6.45, 7) is 4.72. The average molecular weight is 342 g/mol. The number of aryl methyl sites for hydroxylation is 1. The molecule has 0 bridgehead atoms. The summed E-state index contributed by atoms with van der Waals surface area (Å²) in [5.74, 6) is 0.650. The zero-order chi connectivity index (χ0) is 14.5. The summed E-state index contributed by atoms with van der Waals surface area (Å²) in [5.41, 5.74) is 1.14. The Bertz CT molecular complexity index is 481. The number of pyridine rings is 1. The molecule has 110 valence electrons. The first-order valence-electron chi connectivity index (χ1n) is 6.86. The lowest BCUT2D eigenvalue weighted by Gasteiger charge is -2.34. The first kappa shape index (κ1) is 15.3. The van der Waals surface area contributed by atoms with Gasteiger partial charge >= 0.3 is 5.97 Å². The number of piperidine rings is 1. The first-order valence-corrected chi connectivity index (χ1v) is 7.65. The third kappa shape index (κ3) is 4.18. The average Bonchev–Trinajstić information content (AvgIpc) is 2.38. The van der Waals surface area contributed by atoms with Gasteiger partial charge in [-0.3, -0.25) is 4.79 Å². The number of nitrogens with one attached hydrogen (secondary N) is 1. The van der Waals surface area contributed by atoms with Crippen molar-refractivity contribution in [3.8, 4) is 0 Å². The second kappa shape index (κ2) is 7.04. The van der Waals surface area contributed by atoms with Gasteiger partial charge in [-0.2, -0.15) is 0 Å². The van der Waals surface area contributed by atoms with Crippen molar-refractivity contribution in [2.45, 2.75) is 19.8 Å². The van der Waals surface area contributed by atoms with Gasteiger partial charge in [-0.05, 0) is 53.2 Å². The fraction of sp³-hybridized carbons (Fsp3) is 0.571. The van der Waals surface area contributed by atoms with E-state index in [0.717, 1.165) is 48.3 Å². The van der Waals surface area contributed by atoms with E-state index in [1.165, 1.54) is 0 Å². The molecule has 6 heteroatoms.